The molecule has 0 N–H and O–H groups in total. The minimum absolute atomic E-state index is 0.0900. The van der Waals surface area contributed by atoms with E-state index in [0.29, 0.717) is 51.6 Å². The SMILES string of the molecule is Cc1onc(-c2ccccc2Cl)c1C(=O)N1CCC[C@@H](n2cnc3ccccc3c2=O)C1. The van der Waals surface area contributed by atoms with Gasteiger partial charge in [0.2, 0.25) is 0 Å². The molecule has 1 fully saturated rings. The first-order valence-corrected chi connectivity index (χ1v) is 10.9. The predicted octanol–water partition coefficient (Wildman–Crippen LogP) is 4.49. The summed E-state index contributed by atoms with van der Waals surface area (Å²) in [5.74, 6) is 0.266. The van der Waals surface area contributed by atoms with E-state index in [9.17, 15) is 9.59 Å². The zero-order valence-corrected chi connectivity index (χ0v) is 18.2. The van der Waals surface area contributed by atoms with Crippen LogP contribution in [0.15, 0.2) is 64.2 Å². The Morgan fingerprint density at radius 1 is 1.16 bits per heavy atom. The van der Waals surface area contributed by atoms with Gasteiger partial charge in [0.05, 0.1) is 28.3 Å². The molecule has 162 valence electrons. The predicted molar refractivity (Wildman–Crippen MR) is 122 cm³/mol. The number of hydrogen-bond donors (Lipinski definition) is 0. The van der Waals surface area contributed by atoms with E-state index in [1.54, 1.807) is 34.9 Å². The Balaban J connectivity index is 1.47. The van der Waals surface area contributed by atoms with Gasteiger partial charge >= 0.3 is 0 Å². The number of carbonyl (C=O) groups excluding carboxylic acids is 1. The van der Waals surface area contributed by atoms with E-state index in [4.69, 9.17) is 16.1 Å². The molecule has 0 bridgehead atoms. The molecule has 32 heavy (non-hydrogen) atoms. The maximum Gasteiger partial charge on any atom is 0.261 e. The van der Waals surface area contributed by atoms with Gasteiger partial charge in [0.1, 0.15) is 17.0 Å². The van der Waals surface area contributed by atoms with Crippen LogP contribution in [0.1, 0.15) is 35.0 Å². The second-order valence-electron chi connectivity index (χ2n) is 7.96. The molecule has 4 aromatic rings. The minimum atomic E-state index is -0.176. The summed E-state index contributed by atoms with van der Waals surface area (Å²) < 4.78 is 7.02. The summed E-state index contributed by atoms with van der Waals surface area (Å²) in [7, 11) is 0. The topological polar surface area (TPSA) is 81.2 Å². The molecule has 0 saturated carbocycles. The highest BCUT2D eigenvalue weighted by atomic mass is 35.5. The van der Waals surface area contributed by atoms with Crippen molar-refractivity contribution in [2.75, 3.05) is 13.1 Å². The average Bonchev–Trinajstić information content (AvgIpc) is 3.20. The van der Waals surface area contributed by atoms with Crippen LogP contribution in [0.2, 0.25) is 5.02 Å². The summed E-state index contributed by atoms with van der Waals surface area (Å²) in [6.45, 7) is 2.72. The van der Waals surface area contributed by atoms with Crippen LogP contribution in [0.4, 0.5) is 0 Å². The Morgan fingerprint density at radius 2 is 1.94 bits per heavy atom. The summed E-state index contributed by atoms with van der Waals surface area (Å²) in [5, 5.41) is 5.19. The molecular weight excluding hydrogens is 428 g/mol. The summed E-state index contributed by atoms with van der Waals surface area (Å²) in [4.78, 5) is 32.8. The summed E-state index contributed by atoms with van der Waals surface area (Å²) in [6.07, 6.45) is 3.16. The van der Waals surface area contributed by atoms with E-state index in [1.165, 1.54) is 0 Å². The van der Waals surface area contributed by atoms with Gasteiger partial charge in [0, 0.05) is 18.7 Å². The van der Waals surface area contributed by atoms with Crippen LogP contribution in [0.25, 0.3) is 22.2 Å². The molecule has 5 rings (SSSR count). The molecular formula is C24H21ClN4O3. The Morgan fingerprint density at radius 3 is 2.78 bits per heavy atom. The van der Waals surface area contributed by atoms with E-state index in [2.05, 4.69) is 10.1 Å². The number of benzene rings is 2. The van der Waals surface area contributed by atoms with Gasteiger partial charge in [-0.25, -0.2) is 4.98 Å². The van der Waals surface area contributed by atoms with E-state index in [1.807, 2.05) is 36.4 Å². The van der Waals surface area contributed by atoms with Crippen LogP contribution < -0.4 is 5.56 Å². The fourth-order valence-electron chi connectivity index (χ4n) is 4.33. The molecule has 0 aliphatic carbocycles. The fourth-order valence-corrected chi connectivity index (χ4v) is 4.55. The molecule has 0 unspecified atom stereocenters. The first kappa shape index (κ1) is 20.5. The standard InChI is InChI=1S/C24H21ClN4O3/c1-15-21(22(27-32-15)17-8-2-4-10-19(17)25)24(31)28-12-6-7-16(13-28)29-14-26-20-11-5-3-9-18(20)23(29)30/h2-5,8-11,14,16H,6-7,12-13H2,1H3/t16-/m1/s1. The largest absolute Gasteiger partial charge is 0.360 e. The summed E-state index contributed by atoms with van der Waals surface area (Å²) in [6, 6.07) is 14.4. The van der Waals surface area contributed by atoms with Gasteiger partial charge < -0.3 is 9.42 Å². The average molecular weight is 449 g/mol. The highest BCUT2D eigenvalue weighted by Crippen LogP contribution is 2.33. The van der Waals surface area contributed by atoms with Gasteiger partial charge in [-0.15, -0.1) is 0 Å². The lowest BCUT2D eigenvalue weighted by atomic mass is 10.0. The van der Waals surface area contributed by atoms with Gasteiger partial charge in [-0.2, -0.15) is 0 Å². The van der Waals surface area contributed by atoms with E-state index >= 15 is 0 Å². The van der Waals surface area contributed by atoms with Crippen molar-refractivity contribution < 1.29 is 9.32 Å². The number of para-hydroxylation sites is 1. The molecule has 1 aliphatic heterocycles. The number of likely N-dealkylation sites (tertiary alicyclic amines) is 1. The zero-order chi connectivity index (χ0) is 22.2. The molecule has 1 aliphatic rings. The van der Waals surface area contributed by atoms with Crippen molar-refractivity contribution in [3.8, 4) is 11.3 Å². The third-order valence-electron chi connectivity index (χ3n) is 5.97. The number of rotatable bonds is 3. The molecule has 0 spiro atoms. The summed E-state index contributed by atoms with van der Waals surface area (Å²) >= 11 is 6.35. The number of aryl methyl sites for hydroxylation is 1. The smallest absolute Gasteiger partial charge is 0.261 e. The molecule has 1 atom stereocenters. The first-order chi connectivity index (χ1) is 15.5. The van der Waals surface area contributed by atoms with E-state index in [-0.39, 0.29) is 17.5 Å². The maximum absolute atomic E-state index is 13.5. The Hall–Kier alpha value is -3.45. The fraction of sp³-hybridized carbons (Fsp3) is 0.250. The molecule has 1 amide bonds. The van der Waals surface area contributed by atoms with Gasteiger partial charge in [0.15, 0.2) is 0 Å². The second-order valence-corrected chi connectivity index (χ2v) is 8.37. The number of hydrogen-bond acceptors (Lipinski definition) is 5. The minimum Gasteiger partial charge on any atom is -0.360 e. The Labute approximate surface area is 189 Å². The second kappa shape index (κ2) is 8.24. The molecule has 2 aromatic carbocycles. The highest BCUT2D eigenvalue weighted by molar-refractivity contribution is 6.33. The van der Waals surface area contributed by atoms with Gasteiger partial charge in [0.25, 0.3) is 11.5 Å². The molecule has 7 nitrogen and oxygen atoms in total. The number of aromatic nitrogens is 3. The summed E-state index contributed by atoms with van der Waals surface area (Å²) in [5.41, 5.74) is 2.07. The number of amides is 1. The lowest BCUT2D eigenvalue weighted by molar-refractivity contribution is 0.0676. The number of nitrogens with zero attached hydrogens (tertiary/aromatic N) is 4. The van der Waals surface area contributed by atoms with Gasteiger partial charge in [-0.3, -0.25) is 14.2 Å². The van der Waals surface area contributed by atoms with Crippen molar-refractivity contribution in [2.45, 2.75) is 25.8 Å². The quantitative estimate of drug-likeness (QED) is 0.461. The first-order valence-electron chi connectivity index (χ1n) is 10.5. The third kappa shape index (κ3) is 3.48. The van der Waals surface area contributed by atoms with Crippen molar-refractivity contribution in [2.24, 2.45) is 0 Å². The van der Waals surface area contributed by atoms with Crippen molar-refractivity contribution in [3.63, 3.8) is 0 Å². The highest BCUT2D eigenvalue weighted by Gasteiger charge is 2.31. The number of fused-ring (bicyclic) bond motifs is 1. The molecule has 0 radical (unpaired) electrons. The molecule has 8 heteroatoms. The lowest BCUT2D eigenvalue weighted by Crippen LogP contribution is -2.43. The van der Waals surface area contributed by atoms with Crippen LogP contribution >= 0.6 is 11.6 Å². The number of piperidine rings is 1. The molecule has 1 saturated heterocycles. The molecule has 3 heterocycles. The number of halogens is 1. The van der Waals surface area contributed by atoms with Crippen molar-refractivity contribution in [3.05, 3.63) is 81.6 Å². The van der Waals surface area contributed by atoms with Crippen LogP contribution in [0.3, 0.4) is 0 Å². The Kier molecular flexibility index (Phi) is 5.27. The van der Waals surface area contributed by atoms with Gasteiger partial charge in [-0.05, 0) is 38.0 Å². The zero-order valence-electron chi connectivity index (χ0n) is 17.5. The van der Waals surface area contributed by atoms with E-state index < -0.39 is 0 Å². The lowest BCUT2D eigenvalue weighted by Gasteiger charge is -2.33. The maximum atomic E-state index is 13.5. The van der Waals surface area contributed by atoms with E-state index in [0.717, 1.165) is 12.8 Å². The Bertz CT molecular complexity index is 1380. The van der Waals surface area contributed by atoms with Crippen LogP contribution in [-0.2, 0) is 0 Å². The van der Waals surface area contributed by atoms with Gasteiger partial charge in [-0.1, -0.05) is 47.1 Å². The third-order valence-corrected chi connectivity index (χ3v) is 6.30. The normalized spacial score (nSPS) is 16.4. The van der Waals surface area contributed by atoms with Crippen molar-refractivity contribution >= 4 is 28.4 Å². The van der Waals surface area contributed by atoms with Crippen LogP contribution in [0, 0.1) is 6.92 Å². The van der Waals surface area contributed by atoms with Crippen molar-refractivity contribution in [1.82, 2.24) is 19.6 Å². The van der Waals surface area contributed by atoms with Crippen LogP contribution in [-0.4, -0.2) is 38.6 Å². The number of carbonyl (C=O) groups is 1. The van der Waals surface area contributed by atoms with Crippen LogP contribution in [0.5, 0.6) is 0 Å². The monoisotopic (exact) mass is 448 g/mol. The molecule has 2 aromatic heterocycles. The van der Waals surface area contributed by atoms with Crippen molar-refractivity contribution in [1.29, 1.82) is 0 Å².